The van der Waals surface area contributed by atoms with Crippen LogP contribution in [0.4, 0.5) is 0 Å². The van der Waals surface area contributed by atoms with E-state index in [2.05, 4.69) is 10.3 Å². The number of aromatic nitrogens is 3. The Labute approximate surface area is 147 Å². The molecule has 10 heteroatoms. The number of H-pyrrole nitrogens is 1. The Hall–Kier alpha value is -2.82. The highest BCUT2D eigenvalue weighted by atomic mass is 16.6. The molecule has 0 radical (unpaired) electrons. The average Bonchev–Trinajstić information content (AvgIpc) is 2.88. The van der Waals surface area contributed by atoms with Crippen molar-refractivity contribution in [2.24, 2.45) is 0 Å². The summed E-state index contributed by atoms with van der Waals surface area (Å²) in [6, 6.07) is 4.41. The molecule has 0 aromatic carbocycles. The second-order valence-corrected chi connectivity index (χ2v) is 5.96. The molecule has 0 unspecified atom stereocenters. The van der Waals surface area contributed by atoms with Crippen molar-refractivity contribution < 1.29 is 19.7 Å². The Morgan fingerprint density at radius 2 is 2.08 bits per heavy atom. The van der Waals surface area contributed by atoms with Crippen LogP contribution in [0.1, 0.15) is 22.3 Å². The summed E-state index contributed by atoms with van der Waals surface area (Å²) in [4.78, 5) is 41.1. The number of aryl methyl sites for hydroxylation is 1. The molecule has 3 rings (SSSR count). The van der Waals surface area contributed by atoms with E-state index in [9.17, 15) is 24.6 Å². The lowest BCUT2D eigenvalue weighted by atomic mass is 10.1. The van der Waals surface area contributed by atoms with E-state index in [0.29, 0.717) is 5.56 Å². The number of ether oxygens (including phenoxy) is 1. The maximum absolute atomic E-state index is 12.1. The standard InChI is InChI=1S/C16H18N4O6/c1-8-2-3-9(6-17-8)14(24)18-7-10-12(22)13(23)15(26-10)20-5-4-11(21)19-16(20)25/h2-6,10,12-13,15,22-23H,7H2,1H3,(H,18,24)(H,19,21,25)/t10-,12-,13+,15-/m1/s1. The number of nitrogens with zero attached hydrogens (tertiary/aromatic N) is 2. The molecule has 1 fully saturated rings. The second-order valence-electron chi connectivity index (χ2n) is 5.96. The third-order valence-corrected chi connectivity index (χ3v) is 4.10. The quantitative estimate of drug-likeness (QED) is 0.506. The summed E-state index contributed by atoms with van der Waals surface area (Å²) in [5.41, 5.74) is -0.246. The van der Waals surface area contributed by atoms with Gasteiger partial charge in [-0.3, -0.25) is 24.1 Å². The number of aliphatic hydroxyl groups excluding tert-OH is 2. The molecule has 3 heterocycles. The van der Waals surface area contributed by atoms with Gasteiger partial charge >= 0.3 is 5.69 Å². The Balaban J connectivity index is 1.68. The molecule has 0 saturated carbocycles. The molecule has 2 aromatic rings. The van der Waals surface area contributed by atoms with Crippen molar-refractivity contribution in [3.63, 3.8) is 0 Å². The minimum absolute atomic E-state index is 0.0838. The van der Waals surface area contributed by atoms with Gasteiger partial charge in [-0.15, -0.1) is 0 Å². The van der Waals surface area contributed by atoms with Crippen LogP contribution in [0, 0.1) is 6.92 Å². The van der Waals surface area contributed by atoms with E-state index in [1.807, 2.05) is 4.98 Å². The highest BCUT2D eigenvalue weighted by Crippen LogP contribution is 2.27. The molecule has 0 bridgehead atoms. The maximum Gasteiger partial charge on any atom is 0.330 e. The predicted molar refractivity (Wildman–Crippen MR) is 88.6 cm³/mol. The van der Waals surface area contributed by atoms with E-state index in [1.54, 1.807) is 19.1 Å². The Bertz CT molecular complexity index is 906. The largest absolute Gasteiger partial charge is 0.387 e. The number of hydrogen-bond donors (Lipinski definition) is 4. The van der Waals surface area contributed by atoms with Gasteiger partial charge in [0.2, 0.25) is 0 Å². The van der Waals surface area contributed by atoms with Crippen LogP contribution in [0.5, 0.6) is 0 Å². The fourth-order valence-corrected chi connectivity index (χ4v) is 2.65. The summed E-state index contributed by atoms with van der Waals surface area (Å²) in [7, 11) is 0. The number of carbonyl (C=O) groups excluding carboxylic acids is 1. The summed E-state index contributed by atoms with van der Waals surface area (Å²) in [6.07, 6.45) is -2.25. The summed E-state index contributed by atoms with van der Waals surface area (Å²) in [5.74, 6) is -0.410. The fourth-order valence-electron chi connectivity index (χ4n) is 2.65. The Morgan fingerprint density at radius 1 is 1.31 bits per heavy atom. The van der Waals surface area contributed by atoms with E-state index < -0.39 is 41.7 Å². The monoisotopic (exact) mass is 362 g/mol. The van der Waals surface area contributed by atoms with Gasteiger partial charge in [0.25, 0.3) is 11.5 Å². The predicted octanol–water partition coefficient (Wildman–Crippen LogP) is -1.71. The number of nitrogens with one attached hydrogen (secondary N) is 2. The number of pyridine rings is 1. The van der Waals surface area contributed by atoms with Gasteiger partial charge in [-0.1, -0.05) is 0 Å². The zero-order valence-electron chi connectivity index (χ0n) is 13.8. The first-order valence-electron chi connectivity index (χ1n) is 7.91. The summed E-state index contributed by atoms with van der Waals surface area (Å²) in [6.45, 7) is 1.71. The highest BCUT2D eigenvalue weighted by Gasteiger charge is 2.44. The average molecular weight is 362 g/mol. The maximum atomic E-state index is 12.1. The van der Waals surface area contributed by atoms with E-state index in [4.69, 9.17) is 4.74 Å². The van der Waals surface area contributed by atoms with E-state index >= 15 is 0 Å². The third kappa shape index (κ3) is 3.57. The number of carbonyl (C=O) groups is 1. The minimum Gasteiger partial charge on any atom is -0.387 e. The zero-order valence-corrected chi connectivity index (χ0v) is 13.8. The molecule has 1 saturated heterocycles. The molecule has 0 aliphatic carbocycles. The van der Waals surface area contributed by atoms with Gasteiger partial charge in [0, 0.05) is 30.7 Å². The third-order valence-electron chi connectivity index (χ3n) is 4.10. The molecule has 2 aromatic heterocycles. The van der Waals surface area contributed by atoms with Gasteiger partial charge < -0.3 is 20.3 Å². The first kappa shape index (κ1) is 18.0. The smallest absolute Gasteiger partial charge is 0.330 e. The number of amides is 1. The molecule has 1 aliphatic rings. The molecule has 1 amide bonds. The topological polar surface area (TPSA) is 147 Å². The van der Waals surface area contributed by atoms with Crippen LogP contribution in [0.15, 0.2) is 40.2 Å². The number of rotatable bonds is 4. The number of hydrogen-bond acceptors (Lipinski definition) is 7. The van der Waals surface area contributed by atoms with Crippen molar-refractivity contribution in [1.82, 2.24) is 19.9 Å². The van der Waals surface area contributed by atoms with Crippen LogP contribution in [0.25, 0.3) is 0 Å². The molecule has 1 aliphatic heterocycles. The van der Waals surface area contributed by atoms with Crippen molar-refractivity contribution in [2.75, 3.05) is 6.54 Å². The summed E-state index contributed by atoms with van der Waals surface area (Å²) in [5, 5.41) is 22.9. The fraction of sp³-hybridized carbons (Fsp3) is 0.375. The van der Waals surface area contributed by atoms with Crippen molar-refractivity contribution in [2.45, 2.75) is 31.5 Å². The first-order valence-corrected chi connectivity index (χ1v) is 7.91. The molecule has 0 spiro atoms. The van der Waals surface area contributed by atoms with Gasteiger partial charge in [0.15, 0.2) is 6.23 Å². The number of aromatic amines is 1. The molecule has 138 valence electrons. The highest BCUT2D eigenvalue weighted by molar-refractivity contribution is 5.93. The molecular weight excluding hydrogens is 344 g/mol. The van der Waals surface area contributed by atoms with Gasteiger partial charge in [0.1, 0.15) is 18.3 Å². The lowest BCUT2D eigenvalue weighted by Crippen LogP contribution is -2.40. The van der Waals surface area contributed by atoms with Crippen molar-refractivity contribution >= 4 is 5.91 Å². The second kappa shape index (κ2) is 7.20. The van der Waals surface area contributed by atoms with Crippen molar-refractivity contribution in [1.29, 1.82) is 0 Å². The van der Waals surface area contributed by atoms with Crippen LogP contribution < -0.4 is 16.6 Å². The van der Waals surface area contributed by atoms with E-state index in [-0.39, 0.29) is 6.54 Å². The Morgan fingerprint density at radius 3 is 2.73 bits per heavy atom. The lowest BCUT2D eigenvalue weighted by molar-refractivity contribution is -0.0387. The molecule has 10 nitrogen and oxygen atoms in total. The van der Waals surface area contributed by atoms with Crippen LogP contribution in [0.2, 0.25) is 0 Å². The van der Waals surface area contributed by atoms with Gasteiger partial charge in [0.05, 0.1) is 5.56 Å². The van der Waals surface area contributed by atoms with Crippen LogP contribution in [0.3, 0.4) is 0 Å². The normalized spacial score (nSPS) is 25.2. The molecule has 26 heavy (non-hydrogen) atoms. The van der Waals surface area contributed by atoms with Gasteiger partial charge in [-0.25, -0.2) is 4.79 Å². The van der Waals surface area contributed by atoms with Crippen molar-refractivity contribution in [3.05, 3.63) is 62.7 Å². The molecule has 4 atom stereocenters. The van der Waals surface area contributed by atoms with Crippen LogP contribution >= 0.6 is 0 Å². The number of aliphatic hydroxyl groups is 2. The van der Waals surface area contributed by atoms with Gasteiger partial charge in [-0.05, 0) is 19.1 Å². The summed E-state index contributed by atoms with van der Waals surface area (Å²) >= 11 is 0. The van der Waals surface area contributed by atoms with E-state index in [1.165, 1.54) is 12.4 Å². The zero-order chi connectivity index (χ0) is 18.8. The first-order chi connectivity index (χ1) is 12.4. The molecule has 4 N–H and O–H groups in total. The lowest BCUT2D eigenvalue weighted by Gasteiger charge is -2.16. The van der Waals surface area contributed by atoms with Gasteiger partial charge in [-0.2, -0.15) is 0 Å². The van der Waals surface area contributed by atoms with Crippen LogP contribution in [-0.2, 0) is 4.74 Å². The molecular formula is C16H18N4O6. The summed E-state index contributed by atoms with van der Waals surface area (Å²) < 4.78 is 6.48. The SMILES string of the molecule is Cc1ccc(C(=O)NC[C@H]2O[C@@H](n3ccc(=O)[nH]c3=O)[C@@H](O)[C@@H]2O)cn1. The van der Waals surface area contributed by atoms with Crippen LogP contribution in [-0.4, -0.2) is 55.5 Å². The Kier molecular flexibility index (Phi) is 4.98. The van der Waals surface area contributed by atoms with Crippen molar-refractivity contribution in [3.8, 4) is 0 Å². The minimum atomic E-state index is -1.40. The van der Waals surface area contributed by atoms with E-state index in [0.717, 1.165) is 16.3 Å².